The van der Waals surface area contributed by atoms with Gasteiger partial charge in [0.15, 0.2) is 0 Å². The Balaban J connectivity index is 1.85. The quantitative estimate of drug-likeness (QED) is 0.577. The van der Waals surface area contributed by atoms with Crippen LogP contribution in [0.3, 0.4) is 0 Å². The summed E-state index contributed by atoms with van der Waals surface area (Å²) in [7, 11) is 0. The molecular formula is C11H19N2O. The average Bonchev–Trinajstić information content (AvgIpc) is 2.71. The Morgan fingerprint density at radius 2 is 1.50 bits per heavy atom. The van der Waals surface area contributed by atoms with Gasteiger partial charge in [-0.25, -0.2) is 4.79 Å². The lowest BCUT2D eigenvalue weighted by Gasteiger charge is -2.33. The topological polar surface area (TPSA) is 23.6 Å². The number of urea groups is 1. The van der Waals surface area contributed by atoms with Crippen molar-refractivity contribution >= 4 is 6.03 Å². The molecule has 2 fully saturated rings. The second-order valence-corrected chi connectivity index (χ2v) is 4.41. The van der Waals surface area contributed by atoms with E-state index in [2.05, 4.69) is 6.92 Å². The molecule has 0 aromatic heterocycles. The van der Waals surface area contributed by atoms with Crippen molar-refractivity contribution in [2.24, 2.45) is 5.92 Å². The molecule has 3 heteroatoms. The lowest BCUT2D eigenvalue weighted by atomic mass is 10.00. The van der Waals surface area contributed by atoms with Gasteiger partial charge in [0.05, 0.1) is 0 Å². The lowest BCUT2D eigenvalue weighted by molar-refractivity contribution is 0.146. The van der Waals surface area contributed by atoms with Gasteiger partial charge in [-0.05, 0) is 31.6 Å². The van der Waals surface area contributed by atoms with E-state index in [1.165, 1.54) is 12.8 Å². The van der Waals surface area contributed by atoms with Gasteiger partial charge in [0.1, 0.15) is 0 Å². The molecule has 2 amide bonds. The number of nitrogens with zero attached hydrogens (tertiary/aromatic N) is 2. The Kier molecular flexibility index (Phi) is 2.94. The zero-order chi connectivity index (χ0) is 9.97. The van der Waals surface area contributed by atoms with Crippen LogP contribution in [0.25, 0.3) is 0 Å². The minimum Gasteiger partial charge on any atom is -0.325 e. The minimum absolute atomic E-state index is 0.259. The van der Waals surface area contributed by atoms with Crippen molar-refractivity contribution in [1.29, 1.82) is 0 Å². The van der Waals surface area contributed by atoms with Crippen LogP contribution in [0, 0.1) is 12.8 Å². The van der Waals surface area contributed by atoms with Crippen molar-refractivity contribution in [3.63, 3.8) is 0 Å². The highest BCUT2D eigenvalue weighted by atomic mass is 16.2. The zero-order valence-electron chi connectivity index (χ0n) is 8.74. The lowest BCUT2D eigenvalue weighted by Crippen LogP contribution is -2.45. The molecule has 2 aliphatic rings. The van der Waals surface area contributed by atoms with Crippen LogP contribution in [0.4, 0.5) is 4.79 Å². The molecule has 2 saturated heterocycles. The summed E-state index contributed by atoms with van der Waals surface area (Å²) < 4.78 is 0. The van der Waals surface area contributed by atoms with Gasteiger partial charge in [0.2, 0.25) is 0 Å². The molecule has 2 aliphatic heterocycles. The Labute approximate surface area is 86.1 Å². The predicted octanol–water partition coefficient (Wildman–Crippen LogP) is 1.75. The van der Waals surface area contributed by atoms with Gasteiger partial charge in [-0.1, -0.05) is 6.92 Å². The summed E-state index contributed by atoms with van der Waals surface area (Å²) in [6.45, 7) is 7.77. The van der Waals surface area contributed by atoms with E-state index in [9.17, 15) is 4.79 Å². The van der Waals surface area contributed by atoms with Gasteiger partial charge in [-0.2, -0.15) is 0 Å². The Bertz CT molecular complexity index is 203. The highest BCUT2D eigenvalue weighted by Gasteiger charge is 2.26. The normalized spacial score (nSPS) is 24.4. The monoisotopic (exact) mass is 195 g/mol. The van der Waals surface area contributed by atoms with Crippen molar-refractivity contribution in [3.8, 4) is 0 Å². The van der Waals surface area contributed by atoms with Crippen LogP contribution in [0.2, 0.25) is 0 Å². The van der Waals surface area contributed by atoms with Crippen LogP contribution >= 0.6 is 0 Å². The fraction of sp³-hybridized carbons (Fsp3) is 0.818. The molecule has 0 atom stereocenters. The van der Waals surface area contributed by atoms with Crippen molar-refractivity contribution in [1.82, 2.24) is 9.80 Å². The van der Waals surface area contributed by atoms with E-state index in [1.807, 2.05) is 9.80 Å². The molecular weight excluding hydrogens is 176 g/mol. The molecule has 0 spiro atoms. The SMILES string of the molecule is [CH2]C1CCN(C(=O)N2CCCC2)CC1. The molecule has 2 heterocycles. The molecule has 0 saturated carbocycles. The number of rotatable bonds is 0. The zero-order valence-corrected chi connectivity index (χ0v) is 8.74. The number of piperidine rings is 1. The van der Waals surface area contributed by atoms with Crippen LogP contribution in [0.1, 0.15) is 25.7 Å². The molecule has 0 aromatic rings. The van der Waals surface area contributed by atoms with E-state index >= 15 is 0 Å². The fourth-order valence-corrected chi connectivity index (χ4v) is 2.23. The van der Waals surface area contributed by atoms with Gasteiger partial charge in [-0.15, -0.1) is 0 Å². The highest BCUT2D eigenvalue weighted by molar-refractivity contribution is 5.74. The van der Waals surface area contributed by atoms with Gasteiger partial charge in [0, 0.05) is 26.2 Å². The van der Waals surface area contributed by atoms with Crippen molar-refractivity contribution < 1.29 is 4.79 Å². The molecule has 0 bridgehead atoms. The summed E-state index contributed by atoms with van der Waals surface area (Å²) in [5, 5.41) is 0. The number of likely N-dealkylation sites (tertiary alicyclic amines) is 2. The number of hydrogen-bond acceptors (Lipinski definition) is 1. The predicted molar refractivity (Wildman–Crippen MR) is 55.9 cm³/mol. The molecule has 0 aromatic carbocycles. The van der Waals surface area contributed by atoms with Crippen LogP contribution in [0.15, 0.2) is 0 Å². The first-order chi connectivity index (χ1) is 6.77. The maximum atomic E-state index is 11.9. The van der Waals surface area contributed by atoms with Crippen LogP contribution in [-0.4, -0.2) is 42.0 Å². The van der Waals surface area contributed by atoms with Gasteiger partial charge < -0.3 is 9.80 Å². The molecule has 0 N–H and O–H groups in total. The largest absolute Gasteiger partial charge is 0.325 e. The number of hydrogen-bond donors (Lipinski definition) is 0. The highest BCUT2D eigenvalue weighted by Crippen LogP contribution is 2.18. The van der Waals surface area contributed by atoms with E-state index in [1.54, 1.807) is 0 Å². The summed E-state index contributed by atoms with van der Waals surface area (Å²) in [4.78, 5) is 15.9. The van der Waals surface area contributed by atoms with E-state index < -0.39 is 0 Å². The van der Waals surface area contributed by atoms with Crippen molar-refractivity contribution in [3.05, 3.63) is 6.92 Å². The Morgan fingerprint density at radius 1 is 1.00 bits per heavy atom. The van der Waals surface area contributed by atoms with Crippen molar-refractivity contribution in [2.45, 2.75) is 25.7 Å². The summed E-state index contributed by atoms with van der Waals surface area (Å²) in [5.74, 6) is 0.553. The van der Waals surface area contributed by atoms with Crippen LogP contribution in [-0.2, 0) is 0 Å². The second kappa shape index (κ2) is 4.20. The van der Waals surface area contributed by atoms with Crippen LogP contribution < -0.4 is 0 Å². The van der Waals surface area contributed by atoms with E-state index in [0.717, 1.165) is 39.0 Å². The first-order valence-corrected chi connectivity index (χ1v) is 5.64. The van der Waals surface area contributed by atoms with E-state index in [4.69, 9.17) is 0 Å². The van der Waals surface area contributed by atoms with Crippen molar-refractivity contribution in [2.75, 3.05) is 26.2 Å². The number of carbonyl (C=O) groups is 1. The molecule has 14 heavy (non-hydrogen) atoms. The second-order valence-electron chi connectivity index (χ2n) is 4.41. The smallest absolute Gasteiger partial charge is 0.319 e. The summed E-state index contributed by atoms with van der Waals surface area (Å²) in [5.41, 5.74) is 0. The average molecular weight is 195 g/mol. The summed E-state index contributed by atoms with van der Waals surface area (Å²) in [6, 6.07) is 0.259. The van der Waals surface area contributed by atoms with Crippen LogP contribution in [0.5, 0.6) is 0 Å². The molecule has 1 radical (unpaired) electrons. The molecule has 2 rings (SSSR count). The number of carbonyl (C=O) groups excluding carboxylic acids is 1. The maximum absolute atomic E-state index is 11.9. The standard InChI is InChI=1S/C11H19N2O/c1-10-4-8-13(9-5-10)11(14)12-6-2-3-7-12/h10H,1-9H2. The maximum Gasteiger partial charge on any atom is 0.319 e. The van der Waals surface area contributed by atoms with Gasteiger partial charge in [-0.3, -0.25) is 0 Å². The first kappa shape index (κ1) is 9.81. The van der Waals surface area contributed by atoms with Gasteiger partial charge >= 0.3 is 6.03 Å². The summed E-state index contributed by atoms with van der Waals surface area (Å²) in [6.07, 6.45) is 4.49. The first-order valence-electron chi connectivity index (χ1n) is 5.64. The third-order valence-corrected chi connectivity index (χ3v) is 3.26. The Morgan fingerprint density at radius 3 is 2.07 bits per heavy atom. The third-order valence-electron chi connectivity index (χ3n) is 3.26. The molecule has 0 unspecified atom stereocenters. The van der Waals surface area contributed by atoms with E-state index in [-0.39, 0.29) is 6.03 Å². The third kappa shape index (κ3) is 2.02. The summed E-state index contributed by atoms with van der Waals surface area (Å²) >= 11 is 0. The molecule has 3 nitrogen and oxygen atoms in total. The van der Waals surface area contributed by atoms with Gasteiger partial charge in [0.25, 0.3) is 0 Å². The molecule has 79 valence electrons. The Hall–Kier alpha value is -0.730. The number of amides is 2. The minimum atomic E-state index is 0.259. The fourth-order valence-electron chi connectivity index (χ4n) is 2.23. The molecule has 0 aliphatic carbocycles. The van der Waals surface area contributed by atoms with E-state index in [0.29, 0.717) is 5.92 Å².